The molecule has 0 amide bonds. The fraction of sp³-hybridized carbons (Fsp3) is 0.467. The number of aromatic amines is 1. The van der Waals surface area contributed by atoms with Crippen molar-refractivity contribution in [3.05, 3.63) is 40.4 Å². The molecule has 2 bridgehead atoms. The molecule has 5 nitrogen and oxygen atoms in total. The minimum atomic E-state index is -0.0726. The highest BCUT2D eigenvalue weighted by Gasteiger charge is 2.40. The smallest absolute Gasteiger partial charge is 0.258 e. The number of para-hydroxylation sites is 1. The Bertz CT molecular complexity index is 697. The van der Waals surface area contributed by atoms with E-state index in [2.05, 4.69) is 15.3 Å². The molecule has 1 aromatic heterocycles. The highest BCUT2D eigenvalue weighted by Crippen LogP contribution is 2.34. The van der Waals surface area contributed by atoms with Crippen LogP contribution < -0.4 is 10.9 Å². The van der Waals surface area contributed by atoms with Crippen molar-refractivity contribution >= 4 is 10.9 Å². The first-order chi connectivity index (χ1) is 9.79. The molecule has 2 fully saturated rings. The van der Waals surface area contributed by atoms with E-state index in [1.807, 2.05) is 18.2 Å². The third-order valence-corrected chi connectivity index (χ3v) is 4.30. The predicted octanol–water partition coefficient (Wildman–Crippen LogP) is 1.33. The average molecular weight is 271 g/mol. The van der Waals surface area contributed by atoms with E-state index >= 15 is 0 Å². The molecule has 3 heterocycles. The number of hydrogen-bond donors (Lipinski definition) is 2. The summed E-state index contributed by atoms with van der Waals surface area (Å²) in [7, 11) is 0. The van der Waals surface area contributed by atoms with Gasteiger partial charge in [-0.3, -0.25) is 4.79 Å². The first-order valence-corrected chi connectivity index (χ1v) is 7.16. The summed E-state index contributed by atoms with van der Waals surface area (Å²) in [6, 6.07) is 7.81. The number of nitrogens with zero attached hydrogens (tertiary/aromatic N) is 1. The lowest BCUT2D eigenvalue weighted by atomic mass is 9.95. The second-order valence-electron chi connectivity index (χ2n) is 5.63. The highest BCUT2D eigenvalue weighted by molar-refractivity contribution is 5.77. The second-order valence-corrected chi connectivity index (χ2v) is 5.63. The number of aromatic nitrogens is 2. The molecule has 0 aliphatic carbocycles. The monoisotopic (exact) mass is 271 g/mol. The molecular formula is C15H17N3O2. The van der Waals surface area contributed by atoms with Crippen molar-refractivity contribution < 1.29 is 4.74 Å². The maximum Gasteiger partial charge on any atom is 0.258 e. The van der Waals surface area contributed by atoms with Crippen molar-refractivity contribution in [3.8, 4) is 0 Å². The molecule has 0 radical (unpaired) electrons. The van der Waals surface area contributed by atoms with Crippen LogP contribution in [0.1, 0.15) is 25.1 Å². The molecule has 4 rings (SSSR count). The van der Waals surface area contributed by atoms with Crippen molar-refractivity contribution in [1.82, 2.24) is 15.3 Å². The van der Waals surface area contributed by atoms with Crippen LogP contribution in [0, 0.1) is 0 Å². The van der Waals surface area contributed by atoms with Crippen LogP contribution in [0.25, 0.3) is 10.9 Å². The SMILES string of the molecule is O=c1[nH]c(CNC2CC3CCC2O3)nc2ccccc12. The van der Waals surface area contributed by atoms with Crippen LogP contribution in [-0.4, -0.2) is 28.2 Å². The molecule has 104 valence electrons. The first kappa shape index (κ1) is 12.1. The molecule has 20 heavy (non-hydrogen) atoms. The van der Waals surface area contributed by atoms with E-state index in [1.165, 1.54) is 6.42 Å². The van der Waals surface area contributed by atoms with Crippen molar-refractivity contribution in [2.45, 2.75) is 44.1 Å². The minimum Gasteiger partial charge on any atom is -0.373 e. The number of ether oxygens (including phenoxy) is 1. The Balaban J connectivity index is 1.53. The average Bonchev–Trinajstić information content (AvgIpc) is 3.08. The molecule has 0 saturated carbocycles. The summed E-state index contributed by atoms with van der Waals surface area (Å²) in [6.45, 7) is 0.581. The Morgan fingerprint density at radius 2 is 2.25 bits per heavy atom. The van der Waals surface area contributed by atoms with E-state index in [0.29, 0.717) is 36.0 Å². The molecule has 2 aromatic rings. The summed E-state index contributed by atoms with van der Waals surface area (Å²) in [5, 5.41) is 4.10. The number of rotatable bonds is 3. The van der Waals surface area contributed by atoms with Gasteiger partial charge in [0, 0.05) is 6.04 Å². The lowest BCUT2D eigenvalue weighted by Crippen LogP contribution is -2.37. The normalized spacial score (nSPS) is 28.3. The van der Waals surface area contributed by atoms with Crippen molar-refractivity contribution in [2.24, 2.45) is 0 Å². The van der Waals surface area contributed by atoms with Crippen LogP contribution in [0.3, 0.4) is 0 Å². The van der Waals surface area contributed by atoms with Gasteiger partial charge >= 0.3 is 0 Å². The standard InChI is InChI=1S/C15H17N3O2/c19-15-10-3-1-2-4-11(10)17-14(18-15)8-16-12-7-9-5-6-13(12)20-9/h1-4,9,12-13,16H,5-8H2,(H,17,18,19). The van der Waals surface area contributed by atoms with Gasteiger partial charge < -0.3 is 15.0 Å². The van der Waals surface area contributed by atoms with Crippen molar-refractivity contribution in [3.63, 3.8) is 0 Å². The quantitative estimate of drug-likeness (QED) is 0.884. The van der Waals surface area contributed by atoms with Crippen molar-refractivity contribution in [1.29, 1.82) is 0 Å². The Morgan fingerprint density at radius 3 is 3.05 bits per heavy atom. The molecule has 2 aliphatic rings. The Hall–Kier alpha value is -1.72. The van der Waals surface area contributed by atoms with Gasteiger partial charge in [0.05, 0.1) is 29.7 Å². The Kier molecular flexibility index (Phi) is 2.82. The third-order valence-electron chi connectivity index (χ3n) is 4.30. The zero-order chi connectivity index (χ0) is 13.5. The Morgan fingerprint density at radius 1 is 1.35 bits per heavy atom. The van der Waals surface area contributed by atoms with Gasteiger partial charge in [-0.1, -0.05) is 12.1 Å². The summed E-state index contributed by atoms with van der Waals surface area (Å²) in [4.78, 5) is 19.3. The largest absolute Gasteiger partial charge is 0.373 e. The van der Waals surface area contributed by atoms with E-state index in [0.717, 1.165) is 18.4 Å². The van der Waals surface area contributed by atoms with E-state index in [-0.39, 0.29) is 5.56 Å². The third kappa shape index (κ3) is 2.03. The topological polar surface area (TPSA) is 67.0 Å². The maximum absolute atomic E-state index is 12.0. The zero-order valence-electron chi connectivity index (χ0n) is 11.1. The molecular weight excluding hydrogens is 254 g/mol. The lowest BCUT2D eigenvalue weighted by molar-refractivity contribution is 0.0972. The van der Waals surface area contributed by atoms with Crippen molar-refractivity contribution in [2.75, 3.05) is 0 Å². The van der Waals surface area contributed by atoms with E-state index in [4.69, 9.17) is 4.74 Å². The van der Waals surface area contributed by atoms with Crippen LogP contribution in [0.15, 0.2) is 29.1 Å². The highest BCUT2D eigenvalue weighted by atomic mass is 16.5. The number of fused-ring (bicyclic) bond motifs is 3. The van der Waals surface area contributed by atoms with Gasteiger partial charge in [-0.2, -0.15) is 0 Å². The van der Waals surface area contributed by atoms with Gasteiger partial charge in [-0.25, -0.2) is 4.98 Å². The fourth-order valence-electron chi connectivity index (χ4n) is 3.30. The lowest BCUT2D eigenvalue weighted by Gasteiger charge is -2.19. The van der Waals surface area contributed by atoms with Crippen LogP contribution >= 0.6 is 0 Å². The molecule has 3 atom stereocenters. The Labute approximate surface area is 116 Å². The number of H-pyrrole nitrogens is 1. The fourth-order valence-corrected chi connectivity index (χ4v) is 3.30. The second kappa shape index (κ2) is 4.68. The van der Waals surface area contributed by atoms with Gasteiger partial charge in [-0.15, -0.1) is 0 Å². The summed E-state index contributed by atoms with van der Waals surface area (Å²) < 4.78 is 5.81. The molecule has 0 spiro atoms. The van der Waals surface area contributed by atoms with Crippen LogP contribution in [0.5, 0.6) is 0 Å². The molecule has 2 saturated heterocycles. The number of nitrogens with one attached hydrogen (secondary N) is 2. The van der Waals surface area contributed by atoms with Gasteiger partial charge in [-0.05, 0) is 31.4 Å². The number of benzene rings is 1. The van der Waals surface area contributed by atoms with E-state index < -0.39 is 0 Å². The minimum absolute atomic E-state index is 0.0726. The van der Waals surface area contributed by atoms with Crippen LogP contribution in [-0.2, 0) is 11.3 Å². The zero-order valence-corrected chi connectivity index (χ0v) is 11.1. The van der Waals surface area contributed by atoms with Crippen LogP contribution in [0.4, 0.5) is 0 Å². The first-order valence-electron chi connectivity index (χ1n) is 7.16. The van der Waals surface area contributed by atoms with Gasteiger partial charge in [0.25, 0.3) is 5.56 Å². The summed E-state index contributed by atoms with van der Waals surface area (Å²) >= 11 is 0. The predicted molar refractivity (Wildman–Crippen MR) is 75.5 cm³/mol. The molecule has 2 N–H and O–H groups in total. The van der Waals surface area contributed by atoms with Gasteiger partial charge in [0.15, 0.2) is 0 Å². The van der Waals surface area contributed by atoms with Gasteiger partial charge in [0.2, 0.25) is 0 Å². The van der Waals surface area contributed by atoms with E-state index in [9.17, 15) is 4.79 Å². The molecule has 3 unspecified atom stereocenters. The molecule has 5 heteroatoms. The number of hydrogen-bond acceptors (Lipinski definition) is 4. The molecule has 2 aliphatic heterocycles. The molecule has 1 aromatic carbocycles. The maximum atomic E-state index is 12.0. The van der Waals surface area contributed by atoms with Crippen LogP contribution in [0.2, 0.25) is 0 Å². The summed E-state index contributed by atoms with van der Waals surface area (Å²) in [5.41, 5.74) is 0.675. The van der Waals surface area contributed by atoms with E-state index in [1.54, 1.807) is 6.07 Å². The summed E-state index contributed by atoms with van der Waals surface area (Å²) in [6.07, 6.45) is 4.17. The van der Waals surface area contributed by atoms with Gasteiger partial charge in [0.1, 0.15) is 5.82 Å². The summed E-state index contributed by atoms with van der Waals surface area (Å²) in [5.74, 6) is 0.691.